The second-order valence-corrected chi connectivity index (χ2v) is 5.58. The fourth-order valence-corrected chi connectivity index (χ4v) is 2.42. The Labute approximate surface area is 144 Å². The van der Waals surface area contributed by atoms with E-state index in [4.69, 9.17) is 15.2 Å². The van der Waals surface area contributed by atoms with E-state index >= 15 is 0 Å². The van der Waals surface area contributed by atoms with Crippen molar-refractivity contribution in [3.63, 3.8) is 0 Å². The minimum Gasteiger partial charge on any atom is -0.489 e. The Balaban J connectivity index is 1.75. The molecule has 0 atom stereocenters. The van der Waals surface area contributed by atoms with Crippen LogP contribution in [0, 0.1) is 0 Å². The highest BCUT2D eigenvalue weighted by Gasteiger charge is 2.21. The summed E-state index contributed by atoms with van der Waals surface area (Å²) in [6.07, 6.45) is 2.03. The molecule has 0 saturated carbocycles. The van der Waals surface area contributed by atoms with Gasteiger partial charge in [-0.3, -0.25) is 4.79 Å². The molecule has 1 aromatic carbocycles. The molecule has 0 unspecified atom stereocenters. The van der Waals surface area contributed by atoms with Gasteiger partial charge in [-0.15, -0.1) is 0 Å². The second kappa shape index (κ2) is 8.00. The molecule has 132 valence electrons. The highest BCUT2D eigenvalue weighted by atomic mass is 19.1. The van der Waals surface area contributed by atoms with Crippen LogP contribution in [-0.2, 0) is 4.74 Å². The van der Waals surface area contributed by atoms with Crippen molar-refractivity contribution in [2.75, 3.05) is 39.5 Å². The molecule has 25 heavy (non-hydrogen) atoms. The van der Waals surface area contributed by atoms with Crippen molar-refractivity contribution in [2.45, 2.75) is 0 Å². The summed E-state index contributed by atoms with van der Waals surface area (Å²) in [5.41, 5.74) is 6.39. The lowest BCUT2D eigenvalue weighted by molar-refractivity contribution is 0.0295. The zero-order valence-corrected chi connectivity index (χ0v) is 13.7. The summed E-state index contributed by atoms with van der Waals surface area (Å²) in [5.74, 6) is 0.510. The molecule has 1 aliphatic heterocycles. The van der Waals surface area contributed by atoms with Crippen molar-refractivity contribution < 1.29 is 18.7 Å². The number of amides is 1. The van der Waals surface area contributed by atoms with Crippen LogP contribution in [0.25, 0.3) is 10.9 Å². The highest BCUT2D eigenvalue weighted by molar-refractivity contribution is 5.92. The summed E-state index contributed by atoms with van der Waals surface area (Å²) in [7, 11) is 0. The van der Waals surface area contributed by atoms with Gasteiger partial charge < -0.3 is 20.1 Å². The topological polar surface area (TPSA) is 90.6 Å². The van der Waals surface area contributed by atoms with E-state index in [1.165, 1.54) is 0 Å². The van der Waals surface area contributed by atoms with E-state index in [0.717, 1.165) is 5.39 Å². The quantitative estimate of drug-likeness (QED) is 0.877. The molecule has 1 aliphatic rings. The minimum atomic E-state index is -0.203. The molecule has 2 N–H and O–H groups in total. The lowest BCUT2D eigenvalue weighted by atomic mass is 10.2. The van der Waals surface area contributed by atoms with E-state index < -0.39 is 0 Å². The number of nitrogens with zero attached hydrogens (tertiary/aromatic N) is 3. The molecule has 1 amide bonds. The molecular formula is C17H19FN4O3. The Hall–Kier alpha value is -2.58. The number of hydrogen-bond donors (Lipinski definition) is 1. The number of carbonyl (C=O) groups excluding carboxylic acids is 1. The molecule has 0 bridgehead atoms. The van der Waals surface area contributed by atoms with Crippen molar-refractivity contribution in [3.05, 3.63) is 42.1 Å². The van der Waals surface area contributed by atoms with Crippen LogP contribution >= 0.6 is 0 Å². The fraction of sp³-hybridized carbons (Fsp3) is 0.353. The van der Waals surface area contributed by atoms with Crippen LogP contribution < -0.4 is 10.5 Å². The predicted molar refractivity (Wildman–Crippen MR) is 90.0 cm³/mol. The van der Waals surface area contributed by atoms with Crippen molar-refractivity contribution in [1.29, 1.82) is 0 Å². The Bertz CT molecular complexity index is 791. The second-order valence-electron chi connectivity index (χ2n) is 5.58. The van der Waals surface area contributed by atoms with Gasteiger partial charge in [0.15, 0.2) is 0 Å². The van der Waals surface area contributed by atoms with Gasteiger partial charge in [-0.05, 0) is 18.2 Å². The van der Waals surface area contributed by atoms with E-state index in [-0.39, 0.29) is 24.9 Å². The predicted octanol–water partition coefficient (Wildman–Crippen LogP) is 1.29. The summed E-state index contributed by atoms with van der Waals surface area (Å²) in [4.78, 5) is 22.6. The van der Waals surface area contributed by atoms with Gasteiger partial charge in [-0.1, -0.05) is 0 Å². The Morgan fingerprint density at radius 3 is 2.92 bits per heavy atom. The minimum absolute atomic E-state index is 0.0764. The number of rotatable bonds is 5. The molecule has 0 spiro atoms. The van der Waals surface area contributed by atoms with Crippen LogP contribution in [0.2, 0.25) is 0 Å². The van der Waals surface area contributed by atoms with Crippen molar-refractivity contribution in [3.8, 4) is 5.75 Å². The molecule has 1 aromatic heterocycles. The third-order valence-corrected chi connectivity index (χ3v) is 3.88. The number of carbonyl (C=O) groups is 1. The third kappa shape index (κ3) is 4.09. The molecule has 3 rings (SSSR count). The first-order valence-electron chi connectivity index (χ1n) is 7.96. The van der Waals surface area contributed by atoms with Gasteiger partial charge >= 0.3 is 0 Å². The average Bonchev–Trinajstić information content (AvgIpc) is 2.68. The van der Waals surface area contributed by atoms with Gasteiger partial charge in [0.1, 0.15) is 12.4 Å². The summed E-state index contributed by atoms with van der Waals surface area (Å²) in [6.45, 7) is 2.31. The number of aromatic nitrogens is 2. The third-order valence-electron chi connectivity index (χ3n) is 3.88. The lowest BCUT2D eigenvalue weighted by Crippen LogP contribution is -2.41. The van der Waals surface area contributed by atoms with Crippen molar-refractivity contribution >= 4 is 16.8 Å². The van der Waals surface area contributed by atoms with Gasteiger partial charge in [-0.2, -0.15) is 0 Å². The molecule has 1 fully saturated rings. The Morgan fingerprint density at radius 1 is 1.40 bits per heavy atom. The molecule has 2 heterocycles. The van der Waals surface area contributed by atoms with Crippen LogP contribution in [0.3, 0.4) is 0 Å². The van der Waals surface area contributed by atoms with Crippen LogP contribution in [0.1, 0.15) is 10.6 Å². The van der Waals surface area contributed by atoms with Crippen molar-refractivity contribution in [2.24, 2.45) is 5.73 Å². The summed E-state index contributed by atoms with van der Waals surface area (Å²) in [6, 6.07) is 5.19. The van der Waals surface area contributed by atoms with Crippen LogP contribution in [0.15, 0.2) is 36.3 Å². The van der Waals surface area contributed by atoms with E-state index in [9.17, 15) is 9.18 Å². The monoisotopic (exact) mass is 346 g/mol. The van der Waals surface area contributed by atoms with Gasteiger partial charge in [0, 0.05) is 36.8 Å². The van der Waals surface area contributed by atoms with Crippen LogP contribution in [-0.4, -0.2) is 60.2 Å². The van der Waals surface area contributed by atoms with Crippen molar-refractivity contribution in [1.82, 2.24) is 14.9 Å². The molecule has 0 radical (unpaired) electrons. The number of halogens is 1. The van der Waals surface area contributed by atoms with Gasteiger partial charge in [0.25, 0.3) is 5.91 Å². The van der Waals surface area contributed by atoms with Gasteiger partial charge in [-0.25, -0.2) is 14.4 Å². The molecule has 1 saturated heterocycles. The smallest absolute Gasteiger partial charge is 0.291 e. The maximum Gasteiger partial charge on any atom is 0.291 e. The summed E-state index contributed by atoms with van der Waals surface area (Å²) < 4.78 is 23.2. The van der Waals surface area contributed by atoms with E-state index in [1.807, 2.05) is 0 Å². The molecular weight excluding hydrogens is 327 g/mol. The average molecular weight is 346 g/mol. The van der Waals surface area contributed by atoms with Crippen LogP contribution in [0.5, 0.6) is 5.75 Å². The highest BCUT2D eigenvalue weighted by Crippen LogP contribution is 2.20. The number of benzene rings is 1. The summed E-state index contributed by atoms with van der Waals surface area (Å²) in [5, 5.41) is 0.731. The van der Waals surface area contributed by atoms with E-state index in [0.29, 0.717) is 49.5 Å². The van der Waals surface area contributed by atoms with Crippen LogP contribution in [0.4, 0.5) is 4.39 Å². The van der Waals surface area contributed by atoms with E-state index in [1.54, 1.807) is 29.3 Å². The van der Waals surface area contributed by atoms with Gasteiger partial charge in [0.05, 0.1) is 25.1 Å². The summed E-state index contributed by atoms with van der Waals surface area (Å²) >= 11 is 0. The number of hydrogen-bond acceptors (Lipinski definition) is 6. The van der Waals surface area contributed by atoms with E-state index in [2.05, 4.69) is 9.97 Å². The first-order chi connectivity index (χ1) is 12.2. The lowest BCUT2D eigenvalue weighted by Gasteiger charge is -2.26. The molecule has 2 aromatic rings. The Kier molecular flexibility index (Phi) is 5.52. The first-order valence-corrected chi connectivity index (χ1v) is 7.96. The fourth-order valence-electron chi connectivity index (χ4n) is 2.42. The number of nitrogens with two attached hydrogens (primary N) is 1. The standard InChI is InChI=1S/C17H19FN4O3/c18-8-12(9-19)11-25-14-1-2-15-13(7-14)10-20-16(21-15)17(23)22-3-5-24-6-4-22/h1-2,7-8,10H,3-6,9,11,19H2/b12-8+. The maximum absolute atomic E-state index is 12.5. The maximum atomic E-state index is 12.5. The normalized spacial score (nSPS) is 15.4. The number of morpholine rings is 1. The first kappa shape index (κ1) is 17.2. The number of ether oxygens (including phenoxy) is 2. The largest absolute Gasteiger partial charge is 0.489 e. The zero-order chi connectivity index (χ0) is 17.6. The molecule has 8 heteroatoms. The molecule has 0 aliphatic carbocycles. The molecule has 7 nitrogen and oxygen atoms in total. The number of fused-ring (bicyclic) bond motifs is 1. The zero-order valence-electron chi connectivity index (χ0n) is 13.7. The SMILES string of the molecule is NC/C(=C\F)COc1ccc2nc(C(=O)N3CCOCC3)ncc2c1. The Morgan fingerprint density at radius 2 is 2.20 bits per heavy atom. The van der Waals surface area contributed by atoms with Gasteiger partial charge in [0.2, 0.25) is 5.82 Å².